The minimum Gasteiger partial charge on any atom is -0.481 e. The molecule has 536 valence electrons. The summed E-state index contributed by atoms with van der Waals surface area (Å²) in [5, 5.41) is 41.2. The smallest absolute Gasteiger partial charge is 0.410 e. The van der Waals surface area contributed by atoms with E-state index >= 15 is 0 Å². The number of rotatable bonds is 32. The highest BCUT2D eigenvalue weighted by Gasteiger charge is 2.66. The summed E-state index contributed by atoms with van der Waals surface area (Å²) in [7, 11) is 0. The number of urea groups is 1. The maximum absolute atomic E-state index is 13.9. The lowest BCUT2D eigenvalue weighted by molar-refractivity contribution is -0.248. The molecule has 4 atom stereocenters. The van der Waals surface area contributed by atoms with Crippen LogP contribution in [0.15, 0.2) is 115 Å². The van der Waals surface area contributed by atoms with Gasteiger partial charge in [-0.25, -0.2) is 24.4 Å². The molecule has 5 aliphatic rings. The number of unbranched alkanes of at least 4 members (excludes halogenated alkanes) is 2. The molecule has 3 aromatic heterocycles. The second kappa shape index (κ2) is 30.8. The second-order valence-electron chi connectivity index (χ2n) is 28.7. The lowest BCUT2D eigenvalue weighted by Crippen LogP contribution is -2.64. The van der Waals surface area contributed by atoms with Crippen LogP contribution in [0.3, 0.4) is 0 Å². The van der Waals surface area contributed by atoms with Crippen molar-refractivity contribution in [3.05, 3.63) is 138 Å². The molecule has 4 aliphatic carbocycles. The van der Waals surface area contributed by atoms with Gasteiger partial charge in [0.1, 0.15) is 18.7 Å². The summed E-state index contributed by atoms with van der Waals surface area (Å²) < 4.78 is 15.7. The van der Waals surface area contributed by atoms with Crippen LogP contribution in [0.2, 0.25) is 0 Å². The summed E-state index contributed by atoms with van der Waals surface area (Å²) >= 11 is 1.38. The molecule has 9 amide bonds. The number of thiazole rings is 1. The third kappa shape index (κ3) is 17.3. The molecular weight excluding hydrogens is 1320 g/mol. The Labute approximate surface area is 593 Å². The fraction of sp³-hybridized carbons (Fsp3) is 0.427. The Balaban J connectivity index is 0.700. The molecule has 26 nitrogen and oxygen atoms in total. The summed E-state index contributed by atoms with van der Waals surface area (Å²) in [4.78, 5) is 140. The van der Waals surface area contributed by atoms with Crippen molar-refractivity contribution in [2.75, 3.05) is 43.4 Å². The predicted octanol–water partition coefficient (Wildman–Crippen LogP) is 10.4. The molecule has 4 fully saturated rings. The zero-order chi connectivity index (χ0) is 72.7. The summed E-state index contributed by atoms with van der Waals surface area (Å²) in [6.45, 7) is 10.8. The fourth-order valence-electron chi connectivity index (χ4n) is 16.3. The number of carboxylic acids is 2. The number of carbonyl (C=O) groups excluding carboxylic acids is 8. The number of ether oxygens (including phenoxy) is 2. The molecule has 27 heteroatoms. The van der Waals surface area contributed by atoms with E-state index in [4.69, 9.17) is 25.3 Å². The van der Waals surface area contributed by atoms with Crippen molar-refractivity contribution < 1.29 is 67.6 Å². The number of imide groups is 1. The van der Waals surface area contributed by atoms with Crippen molar-refractivity contribution >= 4 is 103 Å². The molecule has 1 aliphatic heterocycles. The van der Waals surface area contributed by atoms with E-state index in [0.717, 1.165) is 58.3 Å². The molecule has 12 rings (SSSR count). The SMILES string of the molecule is Cc1c(-c2ccc(-c3ccc4cccc(C(=O)Nc5nc6ccccc6s5)c4c3)nc2C(=O)O)cnn1CC12CC3(C)CC(C)(C1)CC(OCCN(CCC(=O)O)C(=O)OCc1ccc(NC(=O)[C@H](CCCNC(N)=O)NC(=O)[C@@H](NC(=O)CCCCCN4C(=O)C=CC4=O)C(C)C)cc1)(C3)C2. The minimum atomic E-state index is -1.21. The number of nitrogens with two attached hydrogens (primary N) is 1. The molecule has 4 aromatic carbocycles. The van der Waals surface area contributed by atoms with E-state index in [-0.39, 0.29) is 117 Å². The average Bonchev–Trinajstić information content (AvgIpc) is 0.790. The Morgan fingerprint density at radius 1 is 0.755 bits per heavy atom. The van der Waals surface area contributed by atoms with Crippen molar-refractivity contribution in [1.29, 1.82) is 0 Å². The van der Waals surface area contributed by atoms with Gasteiger partial charge in [-0.15, -0.1) is 0 Å². The van der Waals surface area contributed by atoms with Crippen LogP contribution in [0, 0.1) is 29.1 Å². The quantitative estimate of drug-likeness (QED) is 0.0143. The number of nitrogens with one attached hydrogen (secondary N) is 5. The van der Waals surface area contributed by atoms with E-state index in [9.17, 15) is 58.2 Å². The van der Waals surface area contributed by atoms with Crippen LogP contribution in [-0.4, -0.2) is 150 Å². The number of nitrogens with zero attached hydrogens (tertiary/aromatic N) is 6. The molecule has 4 heterocycles. The van der Waals surface area contributed by atoms with Gasteiger partial charge in [0.05, 0.1) is 40.7 Å². The van der Waals surface area contributed by atoms with Crippen molar-refractivity contribution in [2.45, 2.75) is 149 Å². The number of pyridine rings is 1. The number of aromatic carboxylic acids is 1. The number of carbonyl (C=O) groups is 10. The number of hydrogen-bond acceptors (Lipinski definition) is 16. The predicted molar refractivity (Wildman–Crippen MR) is 382 cm³/mol. The van der Waals surface area contributed by atoms with Crippen LogP contribution in [0.25, 0.3) is 43.4 Å². The first-order valence-corrected chi connectivity index (χ1v) is 35.3. The molecule has 9 N–H and O–H groups in total. The van der Waals surface area contributed by atoms with Crippen LogP contribution in [0.4, 0.5) is 20.4 Å². The Kier molecular flexibility index (Phi) is 22.0. The minimum absolute atomic E-state index is 0.0537. The number of hydrogen-bond donors (Lipinski definition) is 8. The molecule has 0 spiro atoms. The number of anilines is 2. The summed E-state index contributed by atoms with van der Waals surface area (Å²) in [6, 6.07) is 25.9. The van der Waals surface area contributed by atoms with Crippen LogP contribution >= 0.6 is 11.3 Å². The maximum Gasteiger partial charge on any atom is 0.410 e. The first kappa shape index (κ1) is 72.8. The Hall–Kier alpha value is -10.4. The van der Waals surface area contributed by atoms with Gasteiger partial charge in [0, 0.05) is 84.9 Å². The largest absolute Gasteiger partial charge is 0.481 e. The monoisotopic (exact) mass is 1410 g/mol. The van der Waals surface area contributed by atoms with Gasteiger partial charge in [-0.2, -0.15) is 5.10 Å². The number of para-hydroxylation sites is 1. The fourth-order valence-corrected chi connectivity index (χ4v) is 17.2. The molecule has 0 saturated heterocycles. The lowest BCUT2D eigenvalue weighted by Gasteiger charge is -2.69. The highest BCUT2D eigenvalue weighted by atomic mass is 32.1. The summed E-state index contributed by atoms with van der Waals surface area (Å²) in [6.07, 6.45) is 10.2. The van der Waals surface area contributed by atoms with Gasteiger partial charge in [0.2, 0.25) is 17.7 Å². The molecule has 0 radical (unpaired) electrons. The van der Waals surface area contributed by atoms with Gasteiger partial charge < -0.3 is 51.6 Å². The van der Waals surface area contributed by atoms with Gasteiger partial charge >= 0.3 is 24.1 Å². The van der Waals surface area contributed by atoms with E-state index in [1.54, 1.807) is 62.5 Å². The standard InChI is InChI=1S/C75H86N12O14S/c1-45(2)63(83-59(88)18-7-6-10-31-86-60(89)27-28-61(86)90)67(95)81-57(16-12-30-77-69(76)98)66(94)79-50-23-19-47(20-24-50)37-100-71(99)85(32-29-62(91)92)33-34-101-75-41-72(4)38-73(5,42-75)40-74(39-72,43-75)44-87-46(3)54(36-78-87)51-25-26-55(80-64(51)68(96)97)49-22-21-48-13-11-14-52(53(48)35-49)65(93)84-70-82-56-15-8-9-17-58(56)102-70/h8-9,11,13-15,17,19-28,35-36,45,57,63H,6-7,10,12,16,18,29-34,37-44H2,1-5H3,(H,79,94)(H,81,95)(H,83,88)(H,91,92)(H,96,97)(H3,76,77,98)(H,82,84,93)/t57-,63-,72?,73?,74?,75?/m0/s1. The first-order valence-electron chi connectivity index (χ1n) is 34.5. The topological polar surface area (TPSA) is 366 Å². The van der Waals surface area contributed by atoms with E-state index < -0.39 is 53.6 Å². The number of fused-ring (bicyclic) bond motifs is 2. The van der Waals surface area contributed by atoms with Crippen molar-refractivity contribution in [2.24, 2.45) is 27.9 Å². The molecule has 4 bridgehead atoms. The Bertz CT molecular complexity index is 4360. The first-order chi connectivity index (χ1) is 48.7. The van der Waals surface area contributed by atoms with Gasteiger partial charge in [0.25, 0.3) is 17.7 Å². The zero-order valence-corrected chi connectivity index (χ0v) is 58.6. The third-order valence-electron chi connectivity index (χ3n) is 19.8. The summed E-state index contributed by atoms with van der Waals surface area (Å²) in [5.41, 5.74) is 9.13. The van der Waals surface area contributed by atoms with Crippen molar-refractivity contribution in [1.82, 2.24) is 45.5 Å². The molecular formula is C75H86N12O14S. The van der Waals surface area contributed by atoms with Gasteiger partial charge in [-0.1, -0.05) is 94.0 Å². The highest BCUT2D eigenvalue weighted by Crippen LogP contribution is 2.72. The Morgan fingerprint density at radius 3 is 2.21 bits per heavy atom. The maximum atomic E-state index is 13.9. The van der Waals surface area contributed by atoms with Crippen LogP contribution in [-0.2, 0) is 51.4 Å². The normalized spacial score (nSPS) is 20.2. The van der Waals surface area contributed by atoms with Crippen LogP contribution < -0.4 is 32.3 Å². The molecule has 7 aromatic rings. The highest BCUT2D eigenvalue weighted by molar-refractivity contribution is 7.22. The molecule has 102 heavy (non-hydrogen) atoms. The number of aliphatic carboxylic acids is 1. The number of primary amides is 1. The van der Waals surface area contributed by atoms with E-state index in [0.29, 0.717) is 81.9 Å². The number of aromatic nitrogens is 4. The van der Waals surface area contributed by atoms with Crippen molar-refractivity contribution in [3.8, 4) is 22.4 Å². The number of benzene rings is 4. The van der Waals surface area contributed by atoms with Crippen LogP contribution in [0.5, 0.6) is 0 Å². The lowest BCUT2D eigenvalue weighted by atomic mass is 9.39. The van der Waals surface area contributed by atoms with Crippen molar-refractivity contribution in [3.63, 3.8) is 0 Å². The average molecular weight is 1410 g/mol. The third-order valence-corrected chi connectivity index (χ3v) is 20.8. The molecule has 4 saturated carbocycles. The van der Waals surface area contributed by atoms with E-state index in [1.807, 2.05) is 66.2 Å². The van der Waals surface area contributed by atoms with Crippen LogP contribution in [0.1, 0.15) is 143 Å². The van der Waals surface area contributed by atoms with Gasteiger partial charge in [-0.05, 0) is 158 Å². The summed E-state index contributed by atoms with van der Waals surface area (Å²) in [5.74, 6) is -5.31. The number of carboxylic acid groups (broad SMARTS) is 2. The number of amides is 9. The second-order valence-corrected chi connectivity index (χ2v) is 29.8. The van der Waals surface area contributed by atoms with E-state index in [1.165, 1.54) is 28.4 Å². The van der Waals surface area contributed by atoms with Gasteiger partial charge in [-0.3, -0.25) is 48.5 Å². The van der Waals surface area contributed by atoms with E-state index in [2.05, 4.69) is 45.4 Å². The molecule has 2 unspecified atom stereocenters. The Morgan fingerprint density at radius 2 is 1.50 bits per heavy atom. The van der Waals surface area contributed by atoms with Gasteiger partial charge in [0.15, 0.2) is 10.8 Å². The zero-order valence-electron chi connectivity index (χ0n) is 57.8.